The van der Waals surface area contributed by atoms with Crippen LogP contribution in [0.15, 0.2) is 54.7 Å². The molecule has 1 fully saturated rings. The Bertz CT molecular complexity index is 1860. The molecule has 6 rings (SSSR count). The van der Waals surface area contributed by atoms with Crippen LogP contribution < -0.4 is 10.1 Å². The number of fused-ring (bicyclic) bond motifs is 1. The Morgan fingerprint density at radius 1 is 1.00 bits per heavy atom. The topological polar surface area (TPSA) is 99.9 Å². The van der Waals surface area contributed by atoms with Crippen molar-refractivity contribution in [3.8, 4) is 16.9 Å². The molecule has 0 radical (unpaired) electrons. The van der Waals surface area contributed by atoms with E-state index in [0.29, 0.717) is 25.2 Å². The lowest BCUT2D eigenvalue weighted by Gasteiger charge is -2.22. The number of nitrogens with one attached hydrogen (secondary N) is 1. The van der Waals surface area contributed by atoms with Gasteiger partial charge in [-0.1, -0.05) is 48.6 Å². The second-order valence-corrected chi connectivity index (χ2v) is 12.8. The first-order chi connectivity index (χ1) is 22.6. The van der Waals surface area contributed by atoms with Crippen molar-refractivity contribution in [2.75, 3.05) is 39.1 Å². The highest BCUT2D eigenvalue weighted by Gasteiger charge is 2.28. The van der Waals surface area contributed by atoms with Crippen molar-refractivity contribution in [1.82, 2.24) is 19.4 Å². The van der Waals surface area contributed by atoms with Crippen LogP contribution in [0.25, 0.3) is 23.3 Å². The number of methoxy groups -OCH3 is 1. The molecule has 1 saturated heterocycles. The quantitative estimate of drug-likeness (QED) is 0.210. The maximum atomic E-state index is 13.2. The highest BCUT2D eigenvalue weighted by molar-refractivity contribution is 6.03. The van der Waals surface area contributed by atoms with Gasteiger partial charge in [0.2, 0.25) is 0 Å². The molecule has 0 saturated carbocycles. The Balaban J connectivity index is 1.20. The molecule has 0 bridgehead atoms. The molecule has 1 aromatic heterocycles. The SMILES string of the molecule is COc1cc(/C=C/c2cccc(-c3cccc(NC(=O)c4cn5c(n4)CN(C)CC5)c3C)c2C)c(C)cc1CN1CCC(C(=O)O)C1. The maximum absolute atomic E-state index is 13.2. The Hall–Kier alpha value is -4.73. The van der Waals surface area contributed by atoms with E-state index in [0.717, 1.165) is 87.9 Å². The minimum Gasteiger partial charge on any atom is -0.496 e. The minimum absolute atomic E-state index is 0.204. The van der Waals surface area contributed by atoms with Crippen molar-refractivity contribution in [3.63, 3.8) is 0 Å². The zero-order valence-electron chi connectivity index (χ0n) is 27.8. The summed E-state index contributed by atoms with van der Waals surface area (Å²) in [6.07, 6.45) is 6.79. The van der Waals surface area contributed by atoms with Crippen molar-refractivity contribution in [3.05, 3.63) is 99.6 Å². The van der Waals surface area contributed by atoms with Gasteiger partial charge in [-0.25, -0.2) is 4.98 Å². The summed E-state index contributed by atoms with van der Waals surface area (Å²) in [5.74, 6) is 0.490. The number of carbonyl (C=O) groups excluding carboxylic acids is 1. The maximum Gasteiger partial charge on any atom is 0.307 e. The van der Waals surface area contributed by atoms with Gasteiger partial charge in [0, 0.05) is 43.6 Å². The fourth-order valence-corrected chi connectivity index (χ4v) is 6.71. The van der Waals surface area contributed by atoms with Crippen LogP contribution in [-0.2, 0) is 24.4 Å². The normalized spacial score (nSPS) is 16.8. The summed E-state index contributed by atoms with van der Waals surface area (Å²) >= 11 is 0. The lowest BCUT2D eigenvalue weighted by Crippen LogP contribution is -2.30. The zero-order valence-corrected chi connectivity index (χ0v) is 27.8. The lowest BCUT2D eigenvalue weighted by atomic mass is 9.92. The van der Waals surface area contributed by atoms with Crippen LogP contribution in [0.1, 0.15) is 56.1 Å². The molecular formula is C38H43N5O4. The first-order valence-electron chi connectivity index (χ1n) is 16.2. The number of likely N-dealkylation sites (N-methyl/N-ethyl adjacent to an activating group) is 1. The molecule has 2 N–H and O–H groups in total. The Morgan fingerprint density at radius 2 is 1.74 bits per heavy atom. The molecule has 2 aliphatic rings. The summed E-state index contributed by atoms with van der Waals surface area (Å²) in [7, 11) is 3.74. The highest BCUT2D eigenvalue weighted by Crippen LogP contribution is 2.34. The number of ether oxygens (including phenoxy) is 1. The number of carboxylic acid groups (broad SMARTS) is 1. The van der Waals surface area contributed by atoms with Gasteiger partial charge < -0.3 is 19.7 Å². The fourth-order valence-electron chi connectivity index (χ4n) is 6.71. The number of rotatable bonds is 9. The Morgan fingerprint density at radius 3 is 2.49 bits per heavy atom. The second kappa shape index (κ2) is 13.6. The van der Waals surface area contributed by atoms with Gasteiger partial charge in [0.05, 0.1) is 19.6 Å². The molecule has 3 aromatic carbocycles. The van der Waals surface area contributed by atoms with E-state index in [9.17, 15) is 14.7 Å². The monoisotopic (exact) mass is 633 g/mol. The molecule has 9 heteroatoms. The molecular weight excluding hydrogens is 590 g/mol. The molecule has 0 aliphatic carbocycles. The van der Waals surface area contributed by atoms with E-state index in [-0.39, 0.29) is 11.8 Å². The molecule has 1 unspecified atom stereocenters. The van der Waals surface area contributed by atoms with Crippen molar-refractivity contribution in [2.45, 2.75) is 46.8 Å². The standard InChI is InChI=1S/C38H43N5O4/c1-24-18-30(21-42-15-14-29(20-42)38(45)46)35(47-5)19-28(24)13-12-27-8-6-9-31(25(27)2)32-10-7-11-33(26(32)3)40-37(44)34-22-43-17-16-41(4)23-36(43)39-34/h6-13,18-19,22,29H,14-17,20-21,23H2,1-5H3,(H,40,44)(H,45,46)/b13-12+. The van der Waals surface area contributed by atoms with E-state index in [4.69, 9.17) is 4.74 Å². The molecule has 2 aliphatic heterocycles. The van der Waals surface area contributed by atoms with Crippen LogP contribution in [0.2, 0.25) is 0 Å². The summed E-state index contributed by atoms with van der Waals surface area (Å²) in [6.45, 7) is 10.8. The first-order valence-corrected chi connectivity index (χ1v) is 16.2. The van der Waals surface area contributed by atoms with Crippen LogP contribution in [0, 0.1) is 26.7 Å². The third-order valence-corrected chi connectivity index (χ3v) is 9.60. The summed E-state index contributed by atoms with van der Waals surface area (Å²) in [5, 5.41) is 12.5. The van der Waals surface area contributed by atoms with Gasteiger partial charge in [0.1, 0.15) is 17.3 Å². The van der Waals surface area contributed by atoms with Crippen molar-refractivity contribution < 1.29 is 19.4 Å². The fraction of sp³-hybridized carbons (Fsp3) is 0.342. The number of hydrogen-bond acceptors (Lipinski definition) is 6. The molecule has 9 nitrogen and oxygen atoms in total. The van der Waals surface area contributed by atoms with Crippen molar-refractivity contribution >= 4 is 29.7 Å². The Kier molecular flexibility index (Phi) is 9.29. The predicted octanol–water partition coefficient (Wildman–Crippen LogP) is 6.26. The van der Waals surface area contributed by atoms with Crippen LogP contribution in [0.3, 0.4) is 0 Å². The average Bonchev–Trinajstić information content (AvgIpc) is 3.70. The van der Waals surface area contributed by atoms with Crippen molar-refractivity contribution in [1.29, 1.82) is 0 Å². The van der Waals surface area contributed by atoms with Crippen LogP contribution in [0.4, 0.5) is 5.69 Å². The molecule has 244 valence electrons. The molecule has 1 amide bonds. The molecule has 3 heterocycles. The minimum atomic E-state index is -0.720. The molecule has 47 heavy (non-hydrogen) atoms. The molecule has 0 spiro atoms. The number of imidazole rings is 1. The number of carboxylic acids is 1. The largest absolute Gasteiger partial charge is 0.496 e. The molecule has 1 atom stereocenters. The van der Waals surface area contributed by atoms with Crippen LogP contribution in [-0.4, -0.2) is 70.1 Å². The van der Waals surface area contributed by atoms with Gasteiger partial charge in [-0.05, 0) is 91.9 Å². The highest BCUT2D eigenvalue weighted by atomic mass is 16.5. The number of amides is 1. The van der Waals surface area contributed by atoms with Crippen LogP contribution >= 0.6 is 0 Å². The van der Waals surface area contributed by atoms with Gasteiger partial charge in [-0.2, -0.15) is 0 Å². The summed E-state index contributed by atoms with van der Waals surface area (Å²) < 4.78 is 7.84. The zero-order chi connectivity index (χ0) is 33.2. The summed E-state index contributed by atoms with van der Waals surface area (Å²) in [6, 6.07) is 16.5. The van der Waals surface area contributed by atoms with E-state index >= 15 is 0 Å². The predicted molar refractivity (Wildman–Crippen MR) is 186 cm³/mol. The van der Waals surface area contributed by atoms with E-state index in [1.807, 2.05) is 25.3 Å². The third kappa shape index (κ3) is 6.87. The van der Waals surface area contributed by atoms with E-state index in [1.165, 1.54) is 0 Å². The third-order valence-electron chi connectivity index (χ3n) is 9.60. The molecule has 4 aromatic rings. The number of carbonyl (C=O) groups is 2. The first kappa shape index (κ1) is 32.2. The number of anilines is 1. The van der Waals surface area contributed by atoms with Crippen LogP contribution in [0.5, 0.6) is 5.75 Å². The van der Waals surface area contributed by atoms with E-state index in [1.54, 1.807) is 7.11 Å². The number of benzene rings is 3. The number of likely N-dealkylation sites (tertiary alicyclic amines) is 1. The lowest BCUT2D eigenvalue weighted by molar-refractivity contribution is -0.141. The number of nitrogens with zero attached hydrogens (tertiary/aromatic N) is 4. The van der Waals surface area contributed by atoms with E-state index < -0.39 is 5.97 Å². The average molecular weight is 634 g/mol. The summed E-state index contributed by atoms with van der Waals surface area (Å²) in [4.78, 5) is 33.6. The van der Waals surface area contributed by atoms with Gasteiger partial charge in [0.15, 0.2) is 0 Å². The second-order valence-electron chi connectivity index (χ2n) is 12.8. The van der Waals surface area contributed by atoms with Gasteiger partial charge >= 0.3 is 5.97 Å². The van der Waals surface area contributed by atoms with Gasteiger partial charge in [-0.3, -0.25) is 19.4 Å². The number of aliphatic carboxylic acids is 1. The number of hydrogen-bond donors (Lipinski definition) is 2. The Labute approximate surface area is 276 Å². The van der Waals surface area contributed by atoms with Gasteiger partial charge in [-0.15, -0.1) is 0 Å². The van der Waals surface area contributed by atoms with E-state index in [2.05, 4.69) is 94.1 Å². The number of aromatic nitrogens is 2. The number of aryl methyl sites for hydroxylation is 1. The van der Waals surface area contributed by atoms with Crippen molar-refractivity contribution in [2.24, 2.45) is 5.92 Å². The summed E-state index contributed by atoms with van der Waals surface area (Å²) in [5.41, 5.74) is 9.88. The smallest absolute Gasteiger partial charge is 0.307 e. The van der Waals surface area contributed by atoms with Gasteiger partial charge in [0.25, 0.3) is 5.91 Å².